The average Bonchev–Trinajstić information content (AvgIpc) is 3.26. The highest BCUT2D eigenvalue weighted by Gasteiger charge is 2.64. The second kappa shape index (κ2) is 7.15. The number of hydrogen-bond acceptors (Lipinski definition) is 5. The molecule has 0 N–H and O–H groups in total. The number of fused-ring (bicyclic) bond motifs is 3. The summed E-state index contributed by atoms with van der Waals surface area (Å²) in [5.41, 5.74) is -0.766. The third-order valence-electron chi connectivity index (χ3n) is 6.05. The van der Waals surface area contributed by atoms with Crippen LogP contribution in [0.5, 0.6) is 0 Å². The predicted molar refractivity (Wildman–Crippen MR) is 109 cm³/mol. The summed E-state index contributed by atoms with van der Waals surface area (Å²) >= 11 is 0. The van der Waals surface area contributed by atoms with E-state index >= 15 is 0 Å². The molecule has 162 valence electrons. The molecule has 0 radical (unpaired) electrons. The second-order valence-electron chi connectivity index (χ2n) is 7.81. The van der Waals surface area contributed by atoms with Crippen molar-refractivity contribution in [2.75, 3.05) is 4.90 Å². The number of rotatable bonds is 3. The van der Waals surface area contributed by atoms with Crippen molar-refractivity contribution in [3.8, 4) is 0 Å². The van der Waals surface area contributed by atoms with Gasteiger partial charge in [-0.1, -0.05) is 42.5 Å². The molecule has 2 amide bonds. The highest BCUT2D eigenvalue weighted by molar-refractivity contribution is 6.24. The van der Waals surface area contributed by atoms with Crippen LogP contribution < -0.4 is 4.90 Å². The van der Waals surface area contributed by atoms with Crippen molar-refractivity contribution in [1.82, 2.24) is 5.01 Å². The molecule has 0 aromatic heterocycles. The minimum atomic E-state index is -4.62. The number of alkyl halides is 3. The Kier molecular flexibility index (Phi) is 4.51. The van der Waals surface area contributed by atoms with Crippen molar-refractivity contribution in [2.45, 2.75) is 18.3 Å². The normalized spacial score (nSPS) is 26.5. The number of halogens is 3. The van der Waals surface area contributed by atoms with E-state index in [9.17, 15) is 27.6 Å². The van der Waals surface area contributed by atoms with E-state index in [-0.39, 0.29) is 11.5 Å². The first kappa shape index (κ1) is 20.2. The van der Waals surface area contributed by atoms with Gasteiger partial charge in [0.15, 0.2) is 5.78 Å². The molecule has 0 spiro atoms. The minimum Gasteiger partial charge on any atom is -0.292 e. The molecule has 2 aromatic carbocycles. The van der Waals surface area contributed by atoms with Crippen LogP contribution in [-0.4, -0.2) is 40.9 Å². The maximum Gasteiger partial charge on any atom is 0.416 e. The molecule has 6 nitrogen and oxygen atoms in total. The van der Waals surface area contributed by atoms with Crippen LogP contribution >= 0.6 is 0 Å². The number of allylic oxidation sites excluding steroid dienone is 1. The van der Waals surface area contributed by atoms with Gasteiger partial charge in [-0.05, 0) is 24.3 Å². The number of Topliss-reactive ketones (excluding diaryl/α,β-unsaturated/α-hetero) is 1. The number of carbonyl (C=O) groups excluding carboxylic acids is 3. The van der Waals surface area contributed by atoms with Crippen LogP contribution in [0.1, 0.15) is 15.9 Å². The molecule has 0 bridgehead atoms. The fourth-order valence-electron chi connectivity index (χ4n) is 4.69. The number of imide groups is 1. The number of hydrazone groups is 1. The second-order valence-corrected chi connectivity index (χ2v) is 7.81. The molecule has 2 aromatic rings. The van der Waals surface area contributed by atoms with E-state index in [0.29, 0.717) is 5.56 Å². The molecule has 9 heteroatoms. The Hall–Kier alpha value is -3.75. The SMILES string of the molecule is O=C(c1ccccc1)[C@@H]1[C@@H]2C(=O)N(c3cccc(C(F)(F)F)c3)C(=O)[C@@H]2[C@@H]2C=CC=NN12. The average molecular weight is 439 g/mol. The van der Waals surface area contributed by atoms with Crippen LogP contribution in [0.4, 0.5) is 18.9 Å². The molecule has 3 aliphatic rings. The van der Waals surface area contributed by atoms with E-state index in [1.807, 2.05) is 0 Å². The first-order chi connectivity index (χ1) is 15.3. The van der Waals surface area contributed by atoms with E-state index in [1.165, 1.54) is 17.3 Å². The van der Waals surface area contributed by atoms with Crippen LogP contribution in [0.25, 0.3) is 0 Å². The third-order valence-corrected chi connectivity index (χ3v) is 6.05. The number of nitrogens with zero attached hydrogens (tertiary/aromatic N) is 3. The predicted octanol–water partition coefficient (Wildman–Crippen LogP) is 3.30. The van der Waals surface area contributed by atoms with Gasteiger partial charge < -0.3 is 0 Å². The summed E-state index contributed by atoms with van der Waals surface area (Å²) < 4.78 is 39.6. The quantitative estimate of drug-likeness (QED) is 0.544. The van der Waals surface area contributed by atoms with E-state index in [2.05, 4.69) is 5.10 Å². The molecule has 0 saturated carbocycles. The highest BCUT2D eigenvalue weighted by atomic mass is 19.4. The Bertz CT molecular complexity index is 1180. The van der Waals surface area contributed by atoms with Gasteiger partial charge in [-0.2, -0.15) is 18.3 Å². The van der Waals surface area contributed by atoms with Gasteiger partial charge in [-0.25, -0.2) is 4.90 Å². The van der Waals surface area contributed by atoms with E-state index in [1.54, 1.807) is 42.5 Å². The lowest BCUT2D eigenvalue weighted by molar-refractivity contribution is -0.137. The van der Waals surface area contributed by atoms with E-state index in [4.69, 9.17) is 0 Å². The van der Waals surface area contributed by atoms with Crippen molar-refractivity contribution in [2.24, 2.45) is 16.9 Å². The van der Waals surface area contributed by atoms with Gasteiger partial charge in [0, 0.05) is 11.8 Å². The fraction of sp³-hybridized carbons (Fsp3) is 0.217. The summed E-state index contributed by atoms with van der Waals surface area (Å²) in [6.07, 6.45) is 0.158. The van der Waals surface area contributed by atoms with Crippen LogP contribution in [-0.2, 0) is 15.8 Å². The number of benzene rings is 2. The van der Waals surface area contributed by atoms with E-state index in [0.717, 1.165) is 23.1 Å². The highest BCUT2D eigenvalue weighted by Crippen LogP contribution is 2.46. The lowest BCUT2D eigenvalue weighted by Gasteiger charge is -2.30. The molecule has 2 saturated heterocycles. The third kappa shape index (κ3) is 2.96. The Morgan fingerprint density at radius 1 is 0.938 bits per heavy atom. The zero-order valence-electron chi connectivity index (χ0n) is 16.4. The van der Waals surface area contributed by atoms with Gasteiger partial charge in [0.2, 0.25) is 11.8 Å². The molecule has 32 heavy (non-hydrogen) atoms. The molecule has 3 heterocycles. The number of carbonyl (C=O) groups is 3. The first-order valence-electron chi connectivity index (χ1n) is 9.92. The summed E-state index contributed by atoms with van der Waals surface area (Å²) in [4.78, 5) is 40.9. The summed E-state index contributed by atoms with van der Waals surface area (Å²) in [7, 11) is 0. The summed E-state index contributed by atoms with van der Waals surface area (Å²) in [5, 5.41) is 5.71. The molecule has 0 unspecified atom stereocenters. The Balaban J connectivity index is 1.57. The lowest BCUT2D eigenvalue weighted by atomic mass is 9.86. The van der Waals surface area contributed by atoms with Crippen molar-refractivity contribution in [3.05, 3.63) is 77.9 Å². The summed E-state index contributed by atoms with van der Waals surface area (Å²) in [5.74, 6) is -3.70. The summed E-state index contributed by atoms with van der Waals surface area (Å²) in [6, 6.07) is 10.7. The number of anilines is 1. The maximum absolute atomic E-state index is 13.4. The Morgan fingerprint density at radius 2 is 1.66 bits per heavy atom. The van der Waals surface area contributed by atoms with E-state index < -0.39 is 47.5 Å². The van der Waals surface area contributed by atoms with Gasteiger partial charge >= 0.3 is 6.18 Å². The smallest absolute Gasteiger partial charge is 0.292 e. The Labute approximate surface area is 180 Å². The zero-order valence-corrected chi connectivity index (χ0v) is 16.4. The van der Waals surface area contributed by atoms with Crippen LogP contribution in [0.15, 0.2) is 71.9 Å². The van der Waals surface area contributed by atoms with Crippen LogP contribution in [0, 0.1) is 11.8 Å². The molecular formula is C23H16F3N3O3. The molecule has 3 aliphatic heterocycles. The van der Waals surface area contributed by atoms with Crippen LogP contribution in [0.3, 0.4) is 0 Å². The molecule has 0 aliphatic carbocycles. The molecular weight excluding hydrogens is 423 g/mol. The number of amides is 2. The van der Waals surface area contributed by atoms with Gasteiger partial charge in [0.05, 0.1) is 29.1 Å². The lowest BCUT2D eigenvalue weighted by Crippen LogP contribution is -2.46. The van der Waals surface area contributed by atoms with Crippen molar-refractivity contribution in [1.29, 1.82) is 0 Å². The monoisotopic (exact) mass is 439 g/mol. The molecule has 5 rings (SSSR count). The first-order valence-corrected chi connectivity index (χ1v) is 9.92. The fourth-order valence-corrected chi connectivity index (χ4v) is 4.69. The molecule has 4 atom stereocenters. The molecule has 2 fully saturated rings. The standard InChI is InChI=1S/C23H16F3N3O3/c24-23(25,26)14-8-4-9-15(12-14)28-21(31)17-16-10-5-11-27-29(16)19(18(17)22(28)32)20(30)13-6-2-1-3-7-13/h1-12,16-19H/t16-,17+,18+,19-/m0/s1. The maximum atomic E-state index is 13.4. The van der Waals surface area contributed by atoms with Gasteiger partial charge in [0.25, 0.3) is 0 Å². The van der Waals surface area contributed by atoms with Crippen LogP contribution in [0.2, 0.25) is 0 Å². The van der Waals surface area contributed by atoms with Crippen molar-refractivity contribution in [3.63, 3.8) is 0 Å². The van der Waals surface area contributed by atoms with Crippen molar-refractivity contribution >= 4 is 29.5 Å². The zero-order chi connectivity index (χ0) is 22.6. The Morgan fingerprint density at radius 3 is 2.38 bits per heavy atom. The minimum absolute atomic E-state index is 0.162. The van der Waals surface area contributed by atoms with Gasteiger partial charge in [-0.3, -0.25) is 19.4 Å². The number of hydrogen-bond donors (Lipinski definition) is 0. The largest absolute Gasteiger partial charge is 0.416 e. The van der Waals surface area contributed by atoms with Gasteiger partial charge in [-0.15, -0.1) is 0 Å². The van der Waals surface area contributed by atoms with Gasteiger partial charge in [0.1, 0.15) is 6.04 Å². The number of ketones is 1. The van der Waals surface area contributed by atoms with Crippen molar-refractivity contribution < 1.29 is 27.6 Å². The summed E-state index contributed by atoms with van der Waals surface area (Å²) in [6.45, 7) is 0. The topological polar surface area (TPSA) is 70.0 Å².